The number of hydrogen-bond acceptors (Lipinski definition) is 6. The number of nitrogens with one attached hydrogen (secondary N) is 4. The number of hydrogen-bond donors (Lipinski definition) is 5. The second-order valence-corrected chi connectivity index (χ2v) is 8.10. The number of ether oxygens (including phenoxy) is 1. The highest BCUT2D eigenvalue weighted by Crippen LogP contribution is 2.13. The molecule has 6 N–H and O–H groups in total. The first kappa shape index (κ1) is 26.6. The Kier molecular flexibility index (Phi) is 11.9. The van der Waals surface area contributed by atoms with Crippen LogP contribution in [-0.2, 0) is 20.9 Å². The van der Waals surface area contributed by atoms with Gasteiger partial charge in [-0.3, -0.25) is 9.59 Å². The summed E-state index contributed by atoms with van der Waals surface area (Å²) in [6.07, 6.45) is 0.768. The van der Waals surface area contributed by atoms with Crippen molar-refractivity contribution in [1.29, 1.82) is 0 Å². The van der Waals surface area contributed by atoms with Gasteiger partial charge in [-0.1, -0.05) is 26.0 Å². The van der Waals surface area contributed by atoms with Gasteiger partial charge in [0.1, 0.15) is 12.6 Å². The SMILES string of the molecule is CN[C@H](C(=O)N[C@H](CCCNC(N)=O)C(=O)Nc1ccc(COC(=O)I)cc1)C(C)C. The number of benzene rings is 1. The molecule has 0 unspecified atom stereocenters. The van der Waals surface area contributed by atoms with Crippen LogP contribution in [0.2, 0.25) is 0 Å². The van der Waals surface area contributed by atoms with Gasteiger partial charge >= 0.3 is 10.0 Å². The fourth-order valence-electron chi connectivity index (χ4n) is 2.87. The Morgan fingerprint density at radius 3 is 2.26 bits per heavy atom. The van der Waals surface area contributed by atoms with E-state index in [0.717, 1.165) is 5.56 Å². The zero-order valence-electron chi connectivity index (χ0n) is 17.9. The van der Waals surface area contributed by atoms with Crippen LogP contribution >= 0.6 is 22.6 Å². The predicted octanol–water partition coefficient (Wildman–Crippen LogP) is 1.87. The Bertz CT molecular complexity index is 757. The third kappa shape index (κ3) is 10.4. The summed E-state index contributed by atoms with van der Waals surface area (Å²) in [5.41, 5.74) is 6.37. The minimum atomic E-state index is -0.795. The van der Waals surface area contributed by atoms with Crippen molar-refractivity contribution in [2.45, 2.75) is 45.4 Å². The van der Waals surface area contributed by atoms with Gasteiger partial charge in [-0.25, -0.2) is 9.59 Å². The van der Waals surface area contributed by atoms with Gasteiger partial charge in [0.2, 0.25) is 11.8 Å². The summed E-state index contributed by atoms with van der Waals surface area (Å²) in [5.74, 6) is -0.622. The molecule has 31 heavy (non-hydrogen) atoms. The van der Waals surface area contributed by atoms with Crippen LogP contribution < -0.4 is 27.0 Å². The minimum absolute atomic E-state index is 0.0365. The molecule has 0 aliphatic rings. The highest BCUT2D eigenvalue weighted by molar-refractivity contribution is 14.1. The summed E-state index contributed by atoms with van der Waals surface area (Å²) in [6.45, 7) is 4.24. The second kappa shape index (κ2) is 13.8. The Hall–Kier alpha value is -2.41. The van der Waals surface area contributed by atoms with E-state index in [1.807, 2.05) is 13.8 Å². The number of likely N-dealkylation sites (N-methyl/N-ethyl adjacent to an activating group) is 1. The predicted molar refractivity (Wildman–Crippen MR) is 126 cm³/mol. The number of anilines is 1. The lowest BCUT2D eigenvalue weighted by Crippen LogP contribution is -2.52. The van der Waals surface area contributed by atoms with Crippen LogP contribution in [0.4, 0.5) is 15.3 Å². The molecule has 0 aromatic heterocycles. The van der Waals surface area contributed by atoms with Crippen LogP contribution in [0.25, 0.3) is 0 Å². The van der Waals surface area contributed by atoms with Gasteiger partial charge in [-0.2, -0.15) is 0 Å². The topological polar surface area (TPSA) is 152 Å². The Morgan fingerprint density at radius 1 is 1.10 bits per heavy atom. The summed E-state index contributed by atoms with van der Waals surface area (Å²) in [7, 11) is 1.69. The van der Waals surface area contributed by atoms with Gasteiger partial charge in [0.25, 0.3) is 0 Å². The van der Waals surface area contributed by atoms with Crippen molar-refractivity contribution in [1.82, 2.24) is 16.0 Å². The summed E-state index contributed by atoms with van der Waals surface area (Å²) in [6, 6.07) is 4.95. The number of urea groups is 1. The fraction of sp³-hybridized carbons (Fsp3) is 0.500. The molecule has 2 atom stereocenters. The largest absolute Gasteiger partial charge is 0.453 e. The smallest absolute Gasteiger partial charge is 0.367 e. The molecule has 0 aliphatic heterocycles. The molecule has 0 radical (unpaired) electrons. The van der Waals surface area contributed by atoms with Crippen molar-refractivity contribution in [2.24, 2.45) is 11.7 Å². The standard InChI is InChI=1S/C20H30IN5O5/c1-12(2)16(23-3)18(28)26-15(5-4-10-24-20(22)30)17(27)25-14-8-6-13(7-9-14)11-31-19(21)29/h6-9,12,15-16,23H,4-5,10-11H2,1-3H3,(H,25,27)(H,26,28)(H3,22,24,30)/t15-,16+/m1/s1. The van der Waals surface area contributed by atoms with Crippen molar-refractivity contribution in [3.8, 4) is 0 Å². The van der Waals surface area contributed by atoms with Crippen molar-refractivity contribution in [2.75, 3.05) is 18.9 Å². The number of rotatable bonds is 12. The Labute approximate surface area is 195 Å². The van der Waals surface area contributed by atoms with E-state index in [9.17, 15) is 19.2 Å². The van der Waals surface area contributed by atoms with E-state index < -0.39 is 22.1 Å². The maximum Gasteiger partial charge on any atom is 0.367 e. The molecule has 0 aliphatic carbocycles. The van der Waals surface area contributed by atoms with E-state index in [2.05, 4.69) is 21.3 Å². The number of halogens is 1. The summed E-state index contributed by atoms with van der Waals surface area (Å²) in [5, 5.41) is 11.0. The lowest BCUT2D eigenvalue weighted by atomic mass is 10.0. The van der Waals surface area contributed by atoms with Gasteiger partial charge < -0.3 is 31.7 Å². The molecule has 1 aromatic carbocycles. The number of amides is 4. The molecule has 1 rings (SSSR count). The van der Waals surface area contributed by atoms with Gasteiger partial charge in [-0.15, -0.1) is 0 Å². The molecule has 0 heterocycles. The van der Waals surface area contributed by atoms with Crippen LogP contribution in [0.1, 0.15) is 32.3 Å². The molecule has 11 heteroatoms. The van der Waals surface area contributed by atoms with Crippen molar-refractivity contribution in [3.05, 3.63) is 29.8 Å². The normalized spacial score (nSPS) is 12.5. The first-order chi connectivity index (χ1) is 14.6. The van der Waals surface area contributed by atoms with Gasteiger partial charge in [0.05, 0.1) is 28.6 Å². The number of primary amides is 1. The van der Waals surface area contributed by atoms with Crippen LogP contribution in [-0.4, -0.2) is 47.5 Å². The molecule has 172 valence electrons. The molecule has 4 amide bonds. The lowest BCUT2D eigenvalue weighted by Gasteiger charge is -2.24. The third-order valence-corrected chi connectivity index (χ3v) is 4.75. The van der Waals surface area contributed by atoms with Crippen molar-refractivity contribution in [3.63, 3.8) is 0 Å². The van der Waals surface area contributed by atoms with E-state index in [1.165, 1.54) is 0 Å². The highest BCUT2D eigenvalue weighted by atomic mass is 127. The van der Waals surface area contributed by atoms with Gasteiger partial charge in [-0.05, 0) is 43.5 Å². The van der Waals surface area contributed by atoms with Gasteiger partial charge in [0, 0.05) is 12.2 Å². The molecule has 0 bridgehead atoms. The van der Waals surface area contributed by atoms with E-state index in [1.54, 1.807) is 53.9 Å². The monoisotopic (exact) mass is 547 g/mol. The van der Waals surface area contributed by atoms with Crippen LogP contribution in [0.5, 0.6) is 0 Å². The van der Waals surface area contributed by atoms with E-state index in [4.69, 9.17) is 10.5 Å². The fourth-order valence-corrected chi connectivity index (χ4v) is 3.02. The Balaban J connectivity index is 2.80. The molecule has 0 saturated carbocycles. The zero-order valence-corrected chi connectivity index (χ0v) is 20.0. The first-order valence-corrected chi connectivity index (χ1v) is 10.9. The number of carbonyl (C=O) groups excluding carboxylic acids is 4. The third-order valence-electron chi connectivity index (χ3n) is 4.44. The lowest BCUT2D eigenvalue weighted by molar-refractivity contribution is -0.128. The van der Waals surface area contributed by atoms with Crippen LogP contribution in [0.15, 0.2) is 24.3 Å². The molecule has 0 fully saturated rings. The average molecular weight is 547 g/mol. The van der Waals surface area contributed by atoms with E-state index in [-0.39, 0.29) is 24.3 Å². The second-order valence-electron chi connectivity index (χ2n) is 7.22. The first-order valence-electron chi connectivity index (χ1n) is 9.87. The number of nitrogens with two attached hydrogens (primary N) is 1. The van der Waals surface area contributed by atoms with E-state index >= 15 is 0 Å². The maximum atomic E-state index is 12.8. The summed E-state index contributed by atoms with van der Waals surface area (Å²) >= 11 is 1.55. The zero-order chi connectivity index (χ0) is 23.4. The molecular weight excluding hydrogens is 517 g/mol. The molecule has 10 nitrogen and oxygen atoms in total. The van der Waals surface area contributed by atoms with Gasteiger partial charge in [0.15, 0.2) is 0 Å². The highest BCUT2D eigenvalue weighted by Gasteiger charge is 2.26. The summed E-state index contributed by atoms with van der Waals surface area (Å²) in [4.78, 5) is 47.2. The molecular formula is C20H30IN5O5. The molecule has 0 spiro atoms. The average Bonchev–Trinajstić information content (AvgIpc) is 2.69. The molecule has 0 saturated heterocycles. The van der Waals surface area contributed by atoms with Crippen LogP contribution in [0, 0.1) is 5.92 Å². The molecule has 1 aromatic rings. The van der Waals surface area contributed by atoms with Crippen molar-refractivity contribution < 1.29 is 23.9 Å². The minimum Gasteiger partial charge on any atom is -0.453 e. The van der Waals surface area contributed by atoms with Crippen LogP contribution in [0.3, 0.4) is 0 Å². The Morgan fingerprint density at radius 2 is 1.74 bits per heavy atom. The van der Waals surface area contributed by atoms with Crippen molar-refractivity contribution >= 4 is 50.1 Å². The number of carbonyl (C=O) groups is 4. The van der Waals surface area contributed by atoms with E-state index in [0.29, 0.717) is 25.1 Å². The quantitative estimate of drug-likeness (QED) is 0.153. The summed E-state index contributed by atoms with van der Waals surface area (Å²) < 4.78 is 4.52. The maximum absolute atomic E-state index is 12.8.